The Labute approximate surface area is 123 Å². The molecule has 0 spiro atoms. The average molecular weight is 374 g/mol. The summed E-state index contributed by atoms with van der Waals surface area (Å²) in [6.45, 7) is 4.36. The quantitative estimate of drug-likeness (QED) is 0.596. The van der Waals surface area contributed by atoms with Crippen LogP contribution in [0.5, 0.6) is 0 Å². The van der Waals surface area contributed by atoms with Crippen molar-refractivity contribution in [1.29, 1.82) is 0 Å². The summed E-state index contributed by atoms with van der Waals surface area (Å²) in [4.78, 5) is 3.24. The van der Waals surface area contributed by atoms with Crippen LogP contribution in [0.25, 0.3) is 0 Å². The molecule has 0 fully saturated rings. The Morgan fingerprint density at radius 3 is 2.59 bits per heavy atom. The summed E-state index contributed by atoms with van der Waals surface area (Å²) < 4.78 is 1.15. The van der Waals surface area contributed by atoms with Crippen molar-refractivity contribution in [2.24, 2.45) is 0 Å². The van der Waals surface area contributed by atoms with Crippen molar-refractivity contribution in [2.45, 2.75) is 25.1 Å². The molecule has 1 atom stereocenters. The fraction of sp³-hybridized carbons (Fsp3) is 0.286. The van der Waals surface area contributed by atoms with Crippen molar-refractivity contribution in [3.8, 4) is 0 Å². The Morgan fingerprint density at radius 1 is 1.24 bits per heavy atom. The van der Waals surface area contributed by atoms with Gasteiger partial charge in [-0.2, -0.15) is 0 Å². The molecule has 2 aromatic rings. The summed E-state index contributed by atoms with van der Waals surface area (Å²) in [6, 6.07) is 10.8. The van der Waals surface area contributed by atoms with Gasteiger partial charge >= 0.3 is 0 Å². The highest BCUT2D eigenvalue weighted by Crippen LogP contribution is 2.35. The molecule has 0 saturated carbocycles. The van der Waals surface area contributed by atoms with Gasteiger partial charge in [-0.15, -0.1) is 11.3 Å². The molecule has 0 aliphatic rings. The average Bonchev–Trinajstić information content (AvgIpc) is 2.58. The number of benzene rings is 1. The second-order valence-electron chi connectivity index (χ2n) is 4.21. The van der Waals surface area contributed by atoms with Gasteiger partial charge in [-0.3, -0.25) is 0 Å². The van der Waals surface area contributed by atoms with Gasteiger partial charge in [0.15, 0.2) is 0 Å². The van der Waals surface area contributed by atoms with E-state index in [4.69, 9.17) is 0 Å². The minimum Gasteiger partial charge on any atom is -0.144 e. The predicted molar refractivity (Wildman–Crippen MR) is 83.3 cm³/mol. The fourth-order valence-corrected chi connectivity index (χ4v) is 4.41. The van der Waals surface area contributed by atoms with E-state index in [9.17, 15) is 0 Å². The van der Waals surface area contributed by atoms with Crippen LogP contribution in [0, 0.1) is 13.8 Å². The summed E-state index contributed by atoms with van der Waals surface area (Å²) in [5.41, 5.74) is 2.75. The van der Waals surface area contributed by atoms with Crippen LogP contribution in [0.3, 0.4) is 0 Å². The van der Waals surface area contributed by atoms with E-state index in [1.54, 1.807) is 0 Å². The number of thiophene rings is 1. The molecule has 1 unspecified atom stereocenters. The van der Waals surface area contributed by atoms with Gasteiger partial charge in [0.25, 0.3) is 0 Å². The van der Waals surface area contributed by atoms with Crippen LogP contribution in [-0.2, 0) is 6.42 Å². The maximum Gasteiger partial charge on any atom is 0.0532 e. The molecule has 0 N–H and O–H groups in total. The number of alkyl halides is 1. The lowest BCUT2D eigenvalue weighted by Gasteiger charge is -2.09. The highest BCUT2D eigenvalue weighted by Gasteiger charge is 2.13. The summed E-state index contributed by atoms with van der Waals surface area (Å²) in [7, 11) is 0. The first-order valence-electron chi connectivity index (χ1n) is 5.51. The van der Waals surface area contributed by atoms with E-state index in [1.807, 2.05) is 11.3 Å². The van der Waals surface area contributed by atoms with Crippen LogP contribution >= 0.6 is 43.2 Å². The minimum absolute atomic E-state index is 0.412. The van der Waals surface area contributed by atoms with E-state index in [0.717, 1.165) is 10.9 Å². The van der Waals surface area contributed by atoms with Crippen molar-refractivity contribution in [1.82, 2.24) is 0 Å². The Balaban J connectivity index is 2.16. The lowest BCUT2D eigenvalue weighted by atomic mass is 10.1. The zero-order valence-corrected chi connectivity index (χ0v) is 13.8. The van der Waals surface area contributed by atoms with Crippen LogP contribution in [0.15, 0.2) is 34.8 Å². The van der Waals surface area contributed by atoms with Crippen LogP contribution in [0.2, 0.25) is 0 Å². The first-order chi connectivity index (χ1) is 8.06. The van der Waals surface area contributed by atoms with Crippen molar-refractivity contribution >= 4 is 43.2 Å². The molecule has 0 saturated heterocycles. The third-order valence-corrected chi connectivity index (χ3v) is 5.51. The molecule has 1 heterocycles. The second kappa shape index (κ2) is 5.68. The molecule has 3 heteroatoms. The van der Waals surface area contributed by atoms with Crippen LogP contribution in [0.1, 0.15) is 25.7 Å². The minimum atomic E-state index is 0.412. The summed E-state index contributed by atoms with van der Waals surface area (Å²) in [6.07, 6.45) is 1.03. The molecular weight excluding hydrogens is 360 g/mol. The molecule has 0 bridgehead atoms. The molecule has 0 aliphatic heterocycles. The van der Waals surface area contributed by atoms with Crippen molar-refractivity contribution in [2.75, 3.05) is 0 Å². The normalized spacial score (nSPS) is 12.7. The van der Waals surface area contributed by atoms with E-state index in [0.29, 0.717) is 4.83 Å². The van der Waals surface area contributed by atoms with Gasteiger partial charge < -0.3 is 0 Å². The van der Waals surface area contributed by atoms with E-state index >= 15 is 0 Å². The number of hydrogen-bond acceptors (Lipinski definition) is 1. The maximum absolute atomic E-state index is 3.81. The third-order valence-electron chi connectivity index (χ3n) is 2.67. The first kappa shape index (κ1) is 13.3. The van der Waals surface area contributed by atoms with Gasteiger partial charge in [0.05, 0.1) is 4.83 Å². The smallest absolute Gasteiger partial charge is 0.0532 e. The first-order valence-corrected chi connectivity index (χ1v) is 8.04. The number of hydrogen-bond donors (Lipinski definition) is 0. The number of rotatable bonds is 3. The monoisotopic (exact) mass is 372 g/mol. The standard InChI is InChI=1S/C14H14Br2S/c1-9-6-10(2)17-14(9)13(16)8-11-4-3-5-12(15)7-11/h3-7,13H,8H2,1-2H3. The zero-order valence-electron chi connectivity index (χ0n) is 9.84. The molecular formula is C14H14Br2S. The van der Waals surface area contributed by atoms with Crippen LogP contribution in [-0.4, -0.2) is 0 Å². The van der Waals surface area contributed by atoms with Crippen LogP contribution < -0.4 is 0 Å². The third kappa shape index (κ3) is 3.43. The molecule has 0 aliphatic carbocycles. The fourth-order valence-electron chi connectivity index (χ4n) is 1.93. The second-order valence-corrected chi connectivity index (χ2v) is 7.51. The predicted octanol–water partition coefficient (Wildman–Crippen LogP) is 5.81. The molecule has 90 valence electrons. The van der Waals surface area contributed by atoms with E-state index < -0.39 is 0 Å². The van der Waals surface area contributed by atoms with E-state index in [1.165, 1.54) is 20.9 Å². The lowest BCUT2D eigenvalue weighted by molar-refractivity contribution is 0.960. The van der Waals surface area contributed by atoms with Gasteiger partial charge in [-0.1, -0.05) is 44.0 Å². The molecule has 0 radical (unpaired) electrons. The molecule has 0 nitrogen and oxygen atoms in total. The number of halogens is 2. The maximum atomic E-state index is 3.81. The van der Waals surface area contributed by atoms with Crippen LogP contribution in [0.4, 0.5) is 0 Å². The molecule has 17 heavy (non-hydrogen) atoms. The Morgan fingerprint density at radius 2 is 2.00 bits per heavy atom. The van der Waals surface area contributed by atoms with Crippen molar-refractivity contribution < 1.29 is 0 Å². The van der Waals surface area contributed by atoms with Gasteiger partial charge in [-0.25, -0.2) is 0 Å². The van der Waals surface area contributed by atoms with Gasteiger partial charge in [-0.05, 0) is 49.6 Å². The Hall–Kier alpha value is -0.120. The van der Waals surface area contributed by atoms with E-state index in [-0.39, 0.29) is 0 Å². The molecule has 0 amide bonds. The lowest BCUT2D eigenvalue weighted by Crippen LogP contribution is -1.94. The summed E-state index contributed by atoms with van der Waals surface area (Å²) in [5, 5.41) is 0. The molecule has 1 aromatic carbocycles. The molecule has 1 aromatic heterocycles. The van der Waals surface area contributed by atoms with Crippen molar-refractivity contribution in [3.63, 3.8) is 0 Å². The van der Waals surface area contributed by atoms with Crippen molar-refractivity contribution in [3.05, 3.63) is 55.7 Å². The Bertz CT molecular complexity index is 517. The zero-order chi connectivity index (χ0) is 12.4. The summed E-state index contributed by atoms with van der Waals surface area (Å²) in [5.74, 6) is 0. The van der Waals surface area contributed by atoms with Gasteiger partial charge in [0.2, 0.25) is 0 Å². The molecule has 2 rings (SSSR count). The summed E-state index contributed by atoms with van der Waals surface area (Å²) >= 11 is 9.21. The Kier molecular flexibility index (Phi) is 4.45. The topological polar surface area (TPSA) is 0 Å². The van der Waals surface area contributed by atoms with Gasteiger partial charge in [0, 0.05) is 14.2 Å². The highest BCUT2D eigenvalue weighted by molar-refractivity contribution is 9.10. The van der Waals surface area contributed by atoms with Gasteiger partial charge in [0.1, 0.15) is 0 Å². The highest BCUT2D eigenvalue weighted by atomic mass is 79.9. The number of aryl methyl sites for hydroxylation is 2. The van der Waals surface area contributed by atoms with E-state index in [2.05, 4.69) is 76.0 Å². The largest absolute Gasteiger partial charge is 0.144 e. The SMILES string of the molecule is Cc1cc(C)c(C(Br)Cc2cccc(Br)c2)s1.